The average Bonchev–Trinajstić information content (AvgIpc) is 2.66. The Morgan fingerprint density at radius 1 is 1.08 bits per heavy atom. The van der Waals surface area contributed by atoms with Gasteiger partial charge in [-0.3, -0.25) is 9.59 Å². The summed E-state index contributed by atoms with van der Waals surface area (Å²) in [5, 5.41) is 2.28. The molecule has 0 spiro atoms. The van der Waals surface area contributed by atoms with Crippen LogP contribution in [0.25, 0.3) is 0 Å². The molecule has 2 aromatic rings. The van der Waals surface area contributed by atoms with Gasteiger partial charge in [-0.15, -0.1) is 0 Å². The van der Waals surface area contributed by atoms with Gasteiger partial charge in [-0.2, -0.15) is 4.99 Å². The zero-order valence-corrected chi connectivity index (χ0v) is 14.7. The van der Waals surface area contributed by atoms with Gasteiger partial charge in [-0.05, 0) is 67.7 Å². The number of aliphatic imine (C=N–C) groups is 1. The molecule has 1 atom stereocenters. The summed E-state index contributed by atoms with van der Waals surface area (Å²) in [6.45, 7) is 1.93. The van der Waals surface area contributed by atoms with Crippen LogP contribution in [0.4, 0.5) is 5.69 Å². The fraction of sp³-hybridized carbons (Fsp3) is 0.211. The van der Waals surface area contributed by atoms with E-state index in [1.807, 2.05) is 0 Å². The molecule has 1 unspecified atom stereocenters. The molecule has 0 heterocycles. The molecule has 0 fully saturated rings. The number of isothiocyanates is 1. The van der Waals surface area contributed by atoms with Crippen LogP contribution in [0.1, 0.15) is 22.8 Å². The van der Waals surface area contributed by atoms with Crippen molar-refractivity contribution < 1.29 is 19.1 Å². The number of nitrogens with zero attached hydrogens (tertiary/aromatic N) is 1. The third-order valence-electron chi connectivity index (χ3n) is 3.52. The normalized spacial score (nSPS) is 11.1. The van der Waals surface area contributed by atoms with Gasteiger partial charge in [0.2, 0.25) is 0 Å². The van der Waals surface area contributed by atoms with E-state index in [0.29, 0.717) is 22.6 Å². The molecular formula is C19H17NO4S. The van der Waals surface area contributed by atoms with Gasteiger partial charge in [0, 0.05) is 11.1 Å². The van der Waals surface area contributed by atoms with E-state index in [4.69, 9.17) is 4.74 Å². The first-order valence-electron chi connectivity index (χ1n) is 7.58. The Bertz CT molecular complexity index is 793. The van der Waals surface area contributed by atoms with Gasteiger partial charge >= 0.3 is 5.97 Å². The maximum Gasteiger partial charge on any atom is 0.311 e. The highest BCUT2D eigenvalue weighted by atomic mass is 32.1. The van der Waals surface area contributed by atoms with E-state index >= 15 is 0 Å². The van der Waals surface area contributed by atoms with E-state index in [1.54, 1.807) is 55.5 Å². The van der Waals surface area contributed by atoms with Crippen LogP contribution in [-0.2, 0) is 9.53 Å². The summed E-state index contributed by atoms with van der Waals surface area (Å²) in [5.41, 5.74) is 1.74. The lowest BCUT2D eigenvalue weighted by Gasteiger charge is -2.11. The fourth-order valence-corrected chi connectivity index (χ4v) is 2.21. The summed E-state index contributed by atoms with van der Waals surface area (Å²) in [4.78, 5) is 27.6. The quantitative estimate of drug-likeness (QED) is 0.327. The van der Waals surface area contributed by atoms with E-state index in [9.17, 15) is 9.59 Å². The van der Waals surface area contributed by atoms with Crippen LogP contribution in [0.5, 0.6) is 5.75 Å². The van der Waals surface area contributed by atoms with Crippen LogP contribution in [0.3, 0.4) is 0 Å². The average molecular weight is 355 g/mol. The molecule has 5 nitrogen and oxygen atoms in total. The summed E-state index contributed by atoms with van der Waals surface area (Å²) in [7, 11) is 1.34. The minimum Gasteiger partial charge on any atom is -0.493 e. The largest absolute Gasteiger partial charge is 0.493 e. The minimum atomic E-state index is -0.361. The van der Waals surface area contributed by atoms with Gasteiger partial charge in [0.25, 0.3) is 0 Å². The van der Waals surface area contributed by atoms with Crippen LogP contribution >= 0.6 is 12.2 Å². The maximum absolute atomic E-state index is 12.5. The predicted molar refractivity (Wildman–Crippen MR) is 97.7 cm³/mol. The van der Waals surface area contributed by atoms with Gasteiger partial charge in [0.05, 0.1) is 23.9 Å². The van der Waals surface area contributed by atoms with Crippen LogP contribution < -0.4 is 4.74 Å². The highest BCUT2D eigenvalue weighted by Gasteiger charge is 2.14. The molecule has 0 saturated carbocycles. The smallest absolute Gasteiger partial charge is 0.311 e. The third kappa shape index (κ3) is 5.08. The standard InChI is InChI=1S/C19H17NO4S/c1-13(19(22)23-2)11-24-17-9-5-15(6-10-17)18(21)14-3-7-16(8-4-14)20-12-25/h3-10,13H,11H2,1-2H3. The molecule has 0 amide bonds. The molecule has 0 aliphatic carbocycles. The highest BCUT2D eigenvalue weighted by molar-refractivity contribution is 7.78. The number of carbonyl (C=O) groups is 2. The van der Waals surface area contributed by atoms with E-state index in [-0.39, 0.29) is 24.3 Å². The topological polar surface area (TPSA) is 65.0 Å². The zero-order valence-electron chi connectivity index (χ0n) is 13.9. The minimum absolute atomic E-state index is 0.104. The summed E-state index contributed by atoms with van der Waals surface area (Å²) in [6.07, 6.45) is 0. The number of ketones is 1. The van der Waals surface area contributed by atoms with Crippen molar-refractivity contribution in [1.82, 2.24) is 0 Å². The molecule has 0 N–H and O–H groups in total. The van der Waals surface area contributed by atoms with E-state index in [2.05, 4.69) is 27.1 Å². The number of ether oxygens (including phenoxy) is 2. The van der Waals surface area contributed by atoms with Crippen molar-refractivity contribution in [1.29, 1.82) is 0 Å². The fourth-order valence-electron chi connectivity index (χ4n) is 2.10. The molecule has 0 bridgehead atoms. The molecule has 128 valence electrons. The molecule has 0 aliphatic rings. The second-order valence-electron chi connectivity index (χ2n) is 5.34. The number of thiocarbonyl (C=S) groups is 1. The summed E-state index contributed by atoms with van der Waals surface area (Å²) >= 11 is 4.54. The molecular weight excluding hydrogens is 338 g/mol. The van der Waals surface area contributed by atoms with Crippen molar-refractivity contribution >= 4 is 34.8 Å². The SMILES string of the molecule is COC(=O)C(C)COc1ccc(C(=O)c2ccc(N=C=S)cc2)cc1. The van der Waals surface area contributed by atoms with Crippen molar-refractivity contribution in [3.63, 3.8) is 0 Å². The number of rotatable bonds is 7. The van der Waals surface area contributed by atoms with E-state index in [0.717, 1.165) is 0 Å². The summed E-state index contributed by atoms with van der Waals surface area (Å²) in [5.74, 6) is -0.210. The van der Waals surface area contributed by atoms with Gasteiger partial charge in [0.1, 0.15) is 12.4 Å². The van der Waals surface area contributed by atoms with Crippen LogP contribution in [0.2, 0.25) is 0 Å². The van der Waals surface area contributed by atoms with E-state index in [1.165, 1.54) is 7.11 Å². The van der Waals surface area contributed by atoms with Crippen molar-refractivity contribution in [3.05, 3.63) is 59.7 Å². The Balaban J connectivity index is 2.02. The molecule has 0 aliphatic heterocycles. The summed E-state index contributed by atoms with van der Waals surface area (Å²) in [6, 6.07) is 13.6. The predicted octanol–water partition coefficient (Wildman–Crippen LogP) is 3.84. The molecule has 0 saturated heterocycles. The molecule has 25 heavy (non-hydrogen) atoms. The lowest BCUT2D eigenvalue weighted by molar-refractivity contribution is -0.145. The van der Waals surface area contributed by atoms with Crippen LogP contribution in [0, 0.1) is 5.92 Å². The first kappa shape index (κ1) is 18.5. The Morgan fingerprint density at radius 3 is 2.16 bits per heavy atom. The Kier molecular flexibility index (Phi) is 6.57. The van der Waals surface area contributed by atoms with Gasteiger partial charge in [-0.1, -0.05) is 0 Å². The monoisotopic (exact) mass is 355 g/mol. The lowest BCUT2D eigenvalue weighted by Crippen LogP contribution is -2.19. The Morgan fingerprint density at radius 2 is 1.64 bits per heavy atom. The number of hydrogen-bond donors (Lipinski definition) is 0. The van der Waals surface area contributed by atoms with Crippen molar-refractivity contribution in [2.24, 2.45) is 10.9 Å². The Hall–Kier alpha value is -2.82. The zero-order chi connectivity index (χ0) is 18.2. The van der Waals surface area contributed by atoms with Crippen LogP contribution in [0.15, 0.2) is 53.5 Å². The van der Waals surface area contributed by atoms with Crippen molar-refractivity contribution in [2.75, 3.05) is 13.7 Å². The second-order valence-corrected chi connectivity index (χ2v) is 5.52. The van der Waals surface area contributed by atoms with Crippen molar-refractivity contribution in [3.8, 4) is 5.75 Å². The number of methoxy groups -OCH3 is 1. The maximum atomic E-state index is 12.5. The molecule has 6 heteroatoms. The molecule has 2 aromatic carbocycles. The van der Waals surface area contributed by atoms with Gasteiger partial charge < -0.3 is 9.47 Å². The van der Waals surface area contributed by atoms with Gasteiger partial charge in [-0.25, -0.2) is 0 Å². The second kappa shape index (κ2) is 8.87. The highest BCUT2D eigenvalue weighted by Crippen LogP contribution is 2.18. The third-order valence-corrected chi connectivity index (χ3v) is 3.62. The number of benzene rings is 2. The molecule has 2 rings (SSSR count). The number of hydrogen-bond acceptors (Lipinski definition) is 6. The van der Waals surface area contributed by atoms with Gasteiger partial charge in [0.15, 0.2) is 5.78 Å². The summed E-state index contributed by atoms with van der Waals surface area (Å²) < 4.78 is 10.2. The number of esters is 1. The first-order valence-corrected chi connectivity index (χ1v) is 7.99. The first-order chi connectivity index (χ1) is 12.0. The molecule has 0 aromatic heterocycles. The lowest BCUT2D eigenvalue weighted by atomic mass is 10.0. The number of carbonyl (C=O) groups excluding carboxylic acids is 2. The molecule has 0 radical (unpaired) electrons. The Labute approximate surface area is 151 Å². The van der Waals surface area contributed by atoms with Crippen LogP contribution in [-0.4, -0.2) is 30.6 Å². The van der Waals surface area contributed by atoms with Crippen molar-refractivity contribution in [2.45, 2.75) is 6.92 Å². The van der Waals surface area contributed by atoms with E-state index < -0.39 is 0 Å².